The van der Waals surface area contributed by atoms with Crippen molar-refractivity contribution < 1.29 is 4.74 Å². The number of aromatic nitrogens is 2. The smallest absolute Gasteiger partial charge is 0.176 e. The van der Waals surface area contributed by atoms with Crippen molar-refractivity contribution in [1.29, 1.82) is 0 Å². The van der Waals surface area contributed by atoms with Crippen LogP contribution in [0.5, 0.6) is 0 Å². The lowest BCUT2D eigenvalue weighted by Crippen LogP contribution is -1.85. The highest BCUT2D eigenvalue weighted by molar-refractivity contribution is 7.97. The van der Waals surface area contributed by atoms with E-state index in [9.17, 15) is 0 Å². The number of nitrogens with one attached hydrogen (secondary N) is 1. The molecule has 4 nitrogen and oxygen atoms in total. The minimum absolute atomic E-state index is 0.634. The third-order valence-electron chi connectivity index (χ3n) is 1.42. The van der Waals surface area contributed by atoms with Gasteiger partial charge < -0.3 is 4.74 Å². The Morgan fingerprint density at radius 3 is 3.31 bits per heavy atom. The van der Waals surface area contributed by atoms with Crippen LogP contribution in [0.3, 0.4) is 0 Å². The zero-order valence-corrected chi connectivity index (χ0v) is 8.60. The van der Waals surface area contributed by atoms with E-state index in [1.165, 1.54) is 6.40 Å². The third kappa shape index (κ3) is 3.10. The van der Waals surface area contributed by atoms with Crippen LogP contribution < -0.4 is 0 Å². The van der Waals surface area contributed by atoms with Gasteiger partial charge in [-0.05, 0) is 13.2 Å². The summed E-state index contributed by atoms with van der Waals surface area (Å²) in [6.45, 7) is 2.55. The highest BCUT2D eigenvalue weighted by Crippen LogP contribution is 2.18. The van der Waals surface area contributed by atoms with Gasteiger partial charge in [0.25, 0.3) is 0 Å². The van der Waals surface area contributed by atoms with Gasteiger partial charge in [-0.15, -0.1) is 0 Å². The van der Waals surface area contributed by atoms with E-state index in [4.69, 9.17) is 4.74 Å². The van der Waals surface area contributed by atoms with Crippen LogP contribution in [0.1, 0.15) is 12.5 Å². The fourth-order valence-corrected chi connectivity index (χ4v) is 1.36. The van der Waals surface area contributed by atoms with Crippen molar-refractivity contribution in [1.82, 2.24) is 10.2 Å². The topological polar surface area (TPSA) is 50.3 Å². The molecule has 72 valence electrons. The molecule has 0 fully saturated rings. The molecule has 1 aromatic heterocycles. The van der Waals surface area contributed by atoms with Crippen LogP contribution in [0.2, 0.25) is 0 Å². The number of ether oxygens (including phenoxy) is 1. The second-order valence-corrected chi connectivity index (χ2v) is 3.23. The van der Waals surface area contributed by atoms with Gasteiger partial charge in [-0.1, -0.05) is 0 Å². The number of nitrogens with zero attached hydrogens (tertiary/aromatic N) is 2. The first-order chi connectivity index (χ1) is 6.38. The molecule has 0 saturated heterocycles. The van der Waals surface area contributed by atoms with Crippen LogP contribution in [0.25, 0.3) is 0 Å². The molecule has 0 aliphatic carbocycles. The van der Waals surface area contributed by atoms with Gasteiger partial charge in [0.15, 0.2) is 12.2 Å². The SMILES string of the molecule is CCOC=Nc1[nH]ncc1CSC. The van der Waals surface area contributed by atoms with Crippen molar-refractivity contribution in [3.05, 3.63) is 11.8 Å². The summed E-state index contributed by atoms with van der Waals surface area (Å²) in [7, 11) is 0. The quantitative estimate of drug-likeness (QED) is 0.582. The van der Waals surface area contributed by atoms with E-state index in [0.29, 0.717) is 6.61 Å². The van der Waals surface area contributed by atoms with E-state index in [-0.39, 0.29) is 0 Å². The second-order valence-electron chi connectivity index (χ2n) is 2.37. The van der Waals surface area contributed by atoms with Crippen LogP contribution in [-0.4, -0.2) is 29.5 Å². The lowest BCUT2D eigenvalue weighted by molar-refractivity contribution is 0.344. The molecule has 0 amide bonds. The number of aliphatic imine (C=N–C) groups is 1. The van der Waals surface area contributed by atoms with E-state index in [1.54, 1.807) is 18.0 Å². The first-order valence-corrected chi connectivity index (χ1v) is 5.43. The standard InChI is InChI=1S/C8H13N3OS/c1-3-12-6-9-8-7(5-13-2)4-10-11-8/h4,6H,3,5H2,1-2H3,(H,10,11). The zero-order valence-electron chi connectivity index (χ0n) is 7.78. The summed E-state index contributed by atoms with van der Waals surface area (Å²) in [4.78, 5) is 4.10. The fourth-order valence-electron chi connectivity index (χ4n) is 0.842. The molecule has 1 aromatic rings. The van der Waals surface area contributed by atoms with Crippen molar-refractivity contribution in [2.45, 2.75) is 12.7 Å². The summed E-state index contributed by atoms with van der Waals surface area (Å²) in [5.41, 5.74) is 1.10. The average Bonchev–Trinajstić information content (AvgIpc) is 2.54. The van der Waals surface area contributed by atoms with E-state index < -0.39 is 0 Å². The van der Waals surface area contributed by atoms with Crippen molar-refractivity contribution in [2.24, 2.45) is 4.99 Å². The van der Waals surface area contributed by atoms with Crippen molar-refractivity contribution in [3.63, 3.8) is 0 Å². The molecule has 5 heteroatoms. The first kappa shape index (κ1) is 10.1. The minimum atomic E-state index is 0.634. The summed E-state index contributed by atoms with van der Waals surface area (Å²) in [5, 5.41) is 6.72. The van der Waals surface area contributed by atoms with Gasteiger partial charge in [-0.25, -0.2) is 4.99 Å². The maximum Gasteiger partial charge on any atom is 0.176 e. The van der Waals surface area contributed by atoms with E-state index in [1.807, 2.05) is 13.2 Å². The van der Waals surface area contributed by atoms with Crippen LogP contribution in [0.15, 0.2) is 11.2 Å². The van der Waals surface area contributed by atoms with Crippen LogP contribution in [-0.2, 0) is 10.5 Å². The number of hydrogen-bond acceptors (Lipinski definition) is 4. The Kier molecular flexibility index (Phi) is 4.39. The summed E-state index contributed by atoms with van der Waals surface area (Å²) >= 11 is 1.74. The predicted molar refractivity (Wildman–Crippen MR) is 55.6 cm³/mol. The summed E-state index contributed by atoms with van der Waals surface area (Å²) in [5.74, 6) is 1.69. The Labute approximate surface area is 81.8 Å². The van der Waals surface area contributed by atoms with Crippen LogP contribution in [0.4, 0.5) is 5.82 Å². The highest BCUT2D eigenvalue weighted by Gasteiger charge is 2.01. The number of rotatable bonds is 5. The zero-order chi connectivity index (χ0) is 9.52. The second kappa shape index (κ2) is 5.64. The normalized spacial score (nSPS) is 10.9. The van der Waals surface area contributed by atoms with Crippen molar-refractivity contribution in [3.8, 4) is 0 Å². The van der Waals surface area contributed by atoms with Gasteiger partial charge >= 0.3 is 0 Å². The Morgan fingerprint density at radius 2 is 2.62 bits per heavy atom. The van der Waals surface area contributed by atoms with Gasteiger partial charge in [0.1, 0.15) is 0 Å². The fraction of sp³-hybridized carbons (Fsp3) is 0.500. The number of hydrogen-bond donors (Lipinski definition) is 1. The monoisotopic (exact) mass is 199 g/mol. The molecule has 0 atom stereocenters. The molecule has 0 unspecified atom stereocenters. The van der Waals surface area contributed by atoms with E-state index in [0.717, 1.165) is 17.1 Å². The van der Waals surface area contributed by atoms with Crippen molar-refractivity contribution >= 4 is 24.0 Å². The molecule has 0 aromatic carbocycles. The Morgan fingerprint density at radius 1 is 1.77 bits per heavy atom. The molecule has 0 spiro atoms. The summed E-state index contributed by atoms with van der Waals surface area (Å²) in [6, 6.07) is 0. The molecule has 1 rings (SSSR count). The maximum absolute atomic E-state index is 4.99. The predicted octanol–water partition coefficient (Wildman–Crippen LogP) is 1.97. The Bertz CT molecular complexity index is 272. The van der Waals surface area contributed by atoms with Gasteiger partial charge in [-0.2, -0.15) is 16.9 Å². The van der Waals surface area contributed by atoms with Crippen molar-refractivity contribution in [2.75, 3.05) is 12.9 Å². The largest absolute Gasteiger partial charge is 0.483 e. The highest BCUT2D eigenvalue weighted by atomic mass is 32.2. The molecule has 0 bridgehead atoms. The summed E-state index contributed by atoms with van der Waals surface area (Å²) < 4.78 is 4.99. The lowest BCUT2D eigenvalue weighted by atomic mass is 10.4. The molecule has 13 heavy (non-hydrogen) atoms. The molecule has 1 heterocycles. The minimum Gasteiger partial charge on any atom is -0.483 e. The number of H-pyrrole nitrogens is 1. The van der Waals surface area contributed by atoms with Gasteiger partial charge in [0, 0.05) is 11.3 Å². The van der Waals surface area contributed by atoms with E-state index in [2.05, 4.69) is 15.2 Å². The van der Waals surface area contributed by atoms with Crippen LogP contribution >= 0.6 is 11.8 Å². The molecule has 0 aliphatic heterocycles. The van der Waals surface area contributed by atoms with Crippen LogP contribution in [0, 0.1) is 0 Å². The van der Waals surface area contributed by atoms with Gasteiger partial charge in [0.05, 0.1) is 12.8 Å². The molecular formula is C8H13N3OS. The molecule has 1 N–H and O–H groups in total. The first-order valence-electron chi connectivity index (χ1n) is 4.03. The average molecular weight is 199 g/mol. The molecule has 0 aliphatic rings. The molecular weight excluding hydrogens is 186 g/mol. The molecule has 0 radical (unpaired) electrons. The number of aromatic amines is 1. The van der Waals surface area contributed by atoms with E-state index >= 15 is 0 Å². The third-order valence-corrected chi connectivity index (χ3v) is 2.02. The molecule has 0 saturated carbocycles. The summed E-state index contributed by atoms with van der Waals surface area (Å²) in [6.07, 6.45) is 5.27. The number of thioether (sulfide) groups is 1. The Balaban J connectivity index is 2.59. The Hall–Kier alpha value is -0.970. The van der Waals surface area contributed by atoms with Gasteiger partial charge in [-0.3, -0.25) is 5.10 Å². The van der Waals surface area contributed by atoms with Gasteiger partial charge in [0.2, 0.25) is 0 Å². The lowest BCUT2D eigenvalue weighted by Gasteiger charge is -1.94. The maximum atomic E-state index is 4.99.